The van der Waals surface area contributed by atoms with Gasteiger partial charge in [-0.15, -0.1) is 0 Å². The average Bonchev–Trinajstić information content (AvgIpc) is 3.38. The Balaban J connectivity index is 1.81. The van der Waals surface area contributed by atoms with E-state index in [0.717, 1.165) is 16.7 Å². The maximum Gasteiger partial charge on any atom is 0.373 e. The summed E-state index contributed by atoms with van der Waals surface area (Å²) in [6, 6.07) is 5.97. The first-order chi connectivity index (χ1) is 16.3. The number of hydrogen-bond donors (Lipinski definition) is 0. The lowest BCUT2D eigenvalue weighted by Gasteiger charge is -2.14. The van der Waals surface area contributed by atoms with Crippen LogP contribution in [0.5, 0.6) is 11.5 Å². The predicted molar refractivity (Wildman–Crippen MR) is 122 cm³/mol. The molecule has 1 fully saturated rings. The molecular weight excluding hydrogens is 490 g/mol. The van der Waals surface area contributed by atoms with Crippen LogP contribution in [0.1, 0.15) is 28.8 Å². The Morgan fingerprint density at radius 3 is 2.59 bits per heavy atom. The first-order valence-corrected chi connectivity index (χ1v) is 11.0. The third kappa shape index (κ3) is 5.72. The minimum atomic E-state index is -0.665. The molecule has 0 bridgehead atoms. The summed E-state index contributed by atoms with van der Waals surface area (Å²) in [6.07, 6.45) is 1.49. The van der Waals surface area contributed by atoms with Gasteiger partial charge in [-0.1, -0.05) is 11.6 Å². The smallest absolute Gasteiger partial charge is 0.373 e. The quantitative estimate of drug-likeness (QED) is 0.363. The second kappa shape index (κ2) is 11.1. The highest BCUT2D eigenvalue weighted by Gasteiger charge is 2.36. The number of hydrogen-bond acceptors (Lipinski definition) is 10. The van der Waals surface area contributed by atoms with Crippen LogP contribution in [0.25, 0.3) is 6.08 Å². The molecule has 0 aliphatic carbocycles. The van der Waals surface area contributed by atoms with Crippen molar-refractivity contribution in [1.29, 1.82) is 0 Å². The van der Waals surface area contributed by atoms with Crippen molar-refractivity contribution in [2.24, 2.45) is 0 Å². The number of carbonyl (C=O) groups excluding carboxylic acids is 4. The van der Waals surface area contributed by atoms with Gasteiger partial charge in [0.15, 0.2) is 18.1 Å². The zero-order valence-electron chi connectivity index (χ0n) is 18.4. The maximum absolute atomic E-state index is 12.8. The predicted octanol–water partition coefficient (Wildman–Crippen LogP) is 3.91. The highest BCUT2D eigenvalue weighted by molar-refractivity contribution is 8.18. The Hall–Kier alpha value is -3.44. The molecule has 12 heteroatoms. The van der Waals surface area contributed by atoms with Crippen molar-refractivity contribution in [3.05, 3.63) is 51.3 Å². The highest BCUT2D eigenvalue weighted by atomic mass is 35.5. The van der Waals surface area contributed by atoms with Crippen molar-refractivity contribution in [2.75, 3.05) is 27.4 Å². The lowest BCUT2D eigenvalue weighted by Crippen LogP contribution is -2.27. The van der Waals surface area contributed by atoms with E-state index in [0.29, 0.717) is 12.2 Å². The fourth-order valence-electron chi connectivity index (χ4n) is 2.88. The molecule has 0 spiro atoms. The molecule has 2 heterocycles. The van der Waals surface area contributed by atoms with Crippen LogP contribution in [0.4, 0.5) is 4.79 Å². The van der Waals surface area contributed by atoms with Crippen molar-refractivity contribution in [2.45, 2.75) is 13.5 Å². The van der Waals surface area contributed by atoms with E-state index >= 15 is 0 Å². The minimum Gasteiger partial charge on any atom is -0.490 e. The van der Waals surface area contributed by atoms with E-state index < -0.39 is 23.1 Å². The van der Waals surface area contributed by atoms with Crippen LogP contribution in [0.2, 0.25) is 5.02 Å². The molecule has 0 radical (unpaired) electrons. The average molecular weight is 510 g/mol. The van der Waals surface area contributed by atoms with E-state index in [4.69, 9.17) is 25.5 Å². The second-order valence-corrected chi connectivity index (χ2v) is 8.05. The van der Waals surface area contributed by atoms with E-state index in [9.17, 15) is 19.2 Å². The van der Waals surface area contributed by atoms with Gasteiger partial charge in [-0.05, 0) is 54.6 Å². The molecular formula is C22H20ClNO9S. The van der Waals surface area contributed by atoms with Crippen LogP contribution in [0.15, 0.2) is 33.6 Å². The fourth-order valence-corrected chi connectivity index (χ4v) is 3.99. The van der Waals surface area contributed by atoms with Crippen molar-refractivity contribution in [1.82, 2.24) is 4.90 Å². The number of furan rings is 1. The number of rotatable bonds is 9. The standard InChI is InChI=1S/C22H20ClNO9S/c1-4-31-16-8-12(7-14(23)19(16)32-11-18(25)29-2)9-17-20(26)24(22(28)34-17)10-13-5-6-15(33-13)21(27)30-3/h5-9H,4,10-11H2,1-3H3/b17-9+. The molecule has 1 saturated heterocycles. The molecule has 1 aliphatic rings. The Morgan fingerprint density at radius 2 is 1.91 bits per heavy atom. The third-order valence-corrected chi connectivity index (χ3v) is 5.62. The highest BCUT2D eigenvalue weighted by Crippen LogP contribution is 2.39. The van der Waals surface area contributed by atoms with Crippen LogP contribution >= 0.6 is 23.4 Å². The van der Waals surface area contributed by atoms with E-state index in [2.05, 4.69) is 9.47 Å². The van der Waals surface area contributed by atoms with Gasteiger partial charge in [-0.3, -0.25) is 14.5 Å². The van der Waals surface area contributed by atoms with Crippen molar-refractivity contribution >= 4 is 52.5 Å². The summed E-state index contributed by atoms with van der Waals surface area (Å²) in [7, 11) is 2.45. The first-order valence-electron chi connectivity index (χ1n) is 9.85. The van der Waals surface area contributed by atoms with Gasteiger partial charge in [0.2, 0.25) is 5.76 Å². The number of methoxy groups -OCH3 is 2. The van der Waals surface area contributed by atoms with Gasteiger partial charge in [0.25, 0.3) is 11.1 Å². The molecule has 2 aromatic rings. The minimum absolute atomic E-state index is 0.0346. The van der Waals surface area contributed by atoms with Crippen LogP contribution in [0.3, 0.4) is 0 Å². The maximum atomic E-state index is 12.8. The zero-order valence-corrected chi connectivity index (χ0v) is 20.0. The molecule has 1 aromatic heterocycles. The summed E-state index contributed by atoms with van der Waals surface area (Å²) in [4.78, 5) is 49.4. The Kier molecular flexibility index (Phi) is 8.24. The Bertz CT molecular complexity index is 1160. The van der Waals surface area contributed by atoms with Gasteiger partial charge < -0.3 is 23.4 Å². The number of carbonyl (C=O) groups is 4. The lowest BCUT2D eigenvalue weighted by atomic mass is 10.1. The number of halogens is 1. The molecule has 1 aromatic carbocycles. The third-order valence-electron chi connectivity index (χ3n) is 4.43. The number of thioether (sulfide) groups is 1. The SMILES string of the molecule is CCOc1cc(/C=C2/SC(=O)N(Cc3ccc(C(=O)OC)o3)C2=O)cc(Cl)c1OCC(=O)OC. The summed E-state index contributed by atoms with van der Waals surface area (Å²) in [6.45, 7) is 1.54. The molecule has 34 heavy (non-hydrogen) atoms. The summed E-state index contributed by atoms with van der Waals surface area (Å²) in [5.74, 6) is -1.17. The number of ether oxygens (including phenoxy) is 4. The molecule has 0 unspecified atom stereocenters. The van der Waals surface area contributed by atoms with Crippen molar-refractivity contribution < 1.29 is 42.5 Å². The summed E-state index contributed by atoms with van der Waals surface area (Å²) in [5.41, 5.74) is 0.482. The fraction of sp³-hybridized carbons (Fsp3) is 0.273. The number of benzene rings is 1. The van der Waals surface area contributed by atoms with Gasteiger partial charge >= 0.3 is 11.9 Å². The largest absolute Gasteiger partial charge is 0.490 e. The molecule has 0 atom stereocenters. The molecule has 3 rings (SSSR count). The Labute approximate surface area is 203 Å². The van der Waals surface area contributed by atoms with Crippen LogP contribution in [0, 0.1) is 0 Å². The molecule has 0 saturated carbocycles. The number of amides is 2. The summed E-state index contributed by atoms with van der Waals surface area (Å²) < 4.78 is 25.4. The van der Waals surface area contributed by atoms with Crippen LogP contribution in [-0.2, 0) is 25.6 Å². The van der Waals surface area contributed by atoms with E-state index in [1.165, 1.54) is 38.5 Å². The van der Waals surface area contributed by atoms with Gasteiger partial charge in [0.05, 0.1) is 37.3 Å². The van der Waals surface area contributed by atoms with E-state index in [1.807, 2.05) is 0 Å². The van der Waals surface area contributed by atoms with Gasteiger partial charge in [0.1, 0.15) is 5.76 Å². The van der Waals surface area contributed by atoms with E-state index in [1.54, 1.807) is 13.0 Å². The molecule has 10 nitrogen and oxygen atoms in total. The summed E-state index contributed by atoms with van der Waals surface area (Å²) >= 11 is 7.07. The second-order valence-electron chi connectivity index (χ2n) is 6.65. The number of nitrogens with zero attached hydrogens (tertiary/aromatic N) is 1. The van der Waals surface area contributed by atoms with Crippen molar-refractivity contribution in [3.8, 4) is 11.5 Å². The Morgan fingerprint density at radius 1 is 1.15 bits per heavy atom. The number of esters is 2. The van der Waals surface area contributed by atoms with Gasteiger partial charge in [-0.2, -0.15) is 0 Å². The van der Waals surface area contributed by atoms with Crippen LogP contribution < -0.4 is 9.47 Å². The van der Waals surface area contributed by atoms with Gasteiger partial charge in [0, 0.05) is 0 Å². The first kappa shape index (κ1) is 25.2. The van der Waals surface area contributed by atoms with Gasteiger partial charge in [-0.25, -0.2) is 9.59 Å². The van der Waals surface area contributed by atoms with Crippen LogP contribution in [-0.4, -0.2) is 55.4 Å². The molecule has 1 aliphatic heterocycles. The topological polar surface area (TPSA) is 122 Å². The normalized spacial score (nSPS) is 14.5. The molecule has 180 valence electrons. The molecule has 2 amide bonds. The van der Waals surface area contributed by atoms with Crippen molar-refractivity contribution in [3.63, 3.8) is 0 Å². The zero-order chi connectivity index (χ0) is 24.8. The number of imide groups is 1. The molecule has 0 N–H and O–H groups in total. The van der Waals surface area contributed by atoms with E-state index in [-0.39, 0.29) is 46.1 Å². The monoisotopic (exact) mass is 509 g/mol. The summed E-state index contributed by atoms with van der Waals surface area (Å²) in [5, 5.41) is -0.354. The lowest BCUT2D eigenvalue weighted by molar-refractivity contribution is -0.142.